The molecule has 5 nitrogen and oxygen atoms in total. The van der Waals surface area contributed by atoms with Crippen molar-refractivity contribution in [1.82, 2.24) is 10.2 Å². The molecule has 1 atom stereocenters. The number of rotatable bonds is 10. The van der Waals surface area contributed by atoms with E-state index < -0.39 is 0 Å². The van der Waals surface area contributed by atoms with E-state index in [1.54, 1.807) is 20.5 Å². The first-order valence-electron chi connectivity index (χ1n) is 8.53. The third kappa shape index (κ3) is 4.69. The number of methoxy groups -OCH3 is 2. The highest BCUT2D eigenvalue weighted by molar-refractivity contribution is 6.33. The van der Waals surface area contributed by atoms with Crippen molar-refractivity contribution < 1.29 is 13.9 Å². The van der Waals surface area contributed by atoms with Crippen molar-refractivity contribution in [1.29, 1.82) is 0 Å². The second kappa shape index (κ2) is 9.70. The molecule has 1 unspecified atom stereocenters. The Hall–Kier alpha value is -1.69. The predicted octanol–water partition coefficient (Wildman–Crippen LogP) is 4.12. The van der Waals surface area contributed by atoms with Crippen molar-refractivity contribution in [3.8, 4) is 11.5 Å². The van der Waals surface area contributed by atoms with E-state index in [2.05, 4.69) is 24.1 Å². The van der Waals surface area contributed by atoms with Crippen molar-refractivity contribution in [3.05, 3.63) is 46.9 Å². The summed E-state index contributed by atoms with van der Waals surface area (Å²) in [6.07, 6.45) is 1.72. The summed E-state index contributed by atoms with van der Waals surface area (Å²) in [4.78, 5) is 2.36. The molecule has 1 N–H and O–H groups in total. The topological polar surface area (TPSA) is 46.9 Å². The lowest BCUT2D eigenvalue weighted by atomic mass is 10.1. The van der Waals surface area contributed by atoms with Gasteiger partial charge in [-0.1, -0.05) is 31.5 Å². The number of hydrogen-bond acceptors (Lipinski definition) is 5. The number of benzene rings is 1. The zero-order chi connectivity index (χ0) is 18.2. The van der Waals surface area contributed by atoms with Crippen LogP contribution < -0.4 is 14.8 Å². The quantitative estimate of drug-likeness (QED) is 0.685. The van der Waals surface area contributed by atoms with Gasteiger partial charge in [-0.05, 0) is 36.9 Å². The maximum Gasteiger partial charge on any atom is 0.179 e. The Balaban J connectivity index is 2.07. The van der Waals surface area contributed by atoms with Gasteiger partial charge in [0.2, 0.25) is 0 Å². The van der Waals surface area contributed by atoms with Crippen LogP contribution in [-0.4, -0.2) is 38.8 Å². The molecule has 0 saturated carbocycles. The molecule has 1 heterocycles. The first-order chi connectivity index (χ1) is 12.2. The van der Waals surface area contributed by atoms with E-state index in [4.69, 9.17) is 25.5 Å². The average molecular weight is 367 g/mol. The van der Waals surface area contributed by atoms with E-state index in [0.29, 0.717) is 23.1 Å². The van der Waals surface area contributed by atoms with Crippen LogP contribution in [0.5, 0.6) is 11.5 Å². The van der Waals surface area contributed by atoms with Gasteiger partial charge in [-0.15, -0.1) is 0 Å². The zero-order valence-electron chi connectivity index (χ0n) is 15.3. The number of ether oxygens (including phenoxy) is 2. The molecule has 0 bridgehead atoms. The number of halogens is 1. The molecule has 0 spiro atoms. The van der Waals surface area contributed by atoms with Crippen LogP contribution in [0, 0.1) is 0 Å². The minimum atomic E-state index is 0.184. The Morgan fingerprint density at radius 1 is 1.16 bits per heavy atom. The Bertz CT molecular complexity index is 642. The van der Waals surface area contributed by atoms with Crippen LogP contribution in [0.15, 0.2) is 34.9 Å². The molecule has 0 aliphatic rings. The molecule has 1 aromatic carbocycles. The summed E-state index contributed by atoms with van der Waals surface area (Å²) < 4.78 is 16.3. The number of furan rings is 1. The second-order valence-corrected chi connectivity index (χ2v) is 6.04. The van der Waals surface area contributed by atoms with Crippen molar-refractivity contribution in [2.24, 2.45) is 0 Å². The van der Waals surface area contributed by atoms with Gasteiger partial charge in [-0.25, -0.2) is 0 Å². The third-order valence-electron chi connectivity index (χ3n) is 4.34. The van der Waals surface area contributed by atoms with Gasteiger partial charge in [0, 0.05) is 13.1 Å². The number of nitrogens with one attached hydrogen (secondary N) is 1. The van der Waals surface area contributed by atoms with E-state index in [9.17, 15) is 0 Å². The van der Waals surface area contributed by atoms with Crippen LogP contribution >= 0.6 is 11.6 Å². The van der Waals surface area contributed by atoms with Gasteiger partial charge in [0.1, 0.15) is 5.76 Å². The molecule has 0 aliphatic carbocycles. The van der Waals surface area contributed by atoms with E-state index in [1.165, 1.54) is 0 Å². The van der Waals surface area contributed by atoms with Crippen LogP contribution in [0.1, 0.15) is 31.2 Å². The molecule has 0 radical (unpaired) electrons. The van der Waals surface area contributed by atoms with Gasteiger partial charge in [-0.2, -0.15) is 0 Å². The summed E-state index contributed by atoms with van der Waals surface area (Å²) in [7, 11) is 3.19. The van der Waals surface area contributed by atoms with Crippen molar-refractivity contribution >= 4 is 11.6 Å². The van der Waals surface area contributed by atoms with E-state index in [0.717, 1.165) is 31.0 Å². The van der Waals surface area contributed by atoms with Crippen molar-refractivity contribution in [2.75, 3.05) is 33.9 Å². The monoisotopic (exact) mass is 366 g/mol. The fraction of sp³-hybridized carbons (Fsp3) is 0.474. The molecule has 1 aromatic heterocycles. The first kappa shape index (κ1) is 19.6. The van der Waals surface area contributed by atoms with Crippen molar-refractivity contribution in [2.45, 2.75) is 26.4 Å². The van der Waals surface area contributed by atoms with Gasteiger partial charge >= 0.3 is 0 Å². The highest BCUT2D eigenvalue weighted by atomic mass is 35.5. The molecule has 138 valence electrons. The van der Waals surface area contributed by atoms with Gasteiger partial charge < -0.3 is 19.2 Å². The van der Waals surface area contributed by atoms with E-state index in [1.807, 2.05) is 24.3 Å². The first-order valence-corrected chi connectivity index (χ1v) is 8.91. The summed E-state index contributed by atoms with van der Waals surface area (Å²) >= 11 is 6.45. The number of nitrogens with zero attached hydrogens (tertiary/aromatic N) is 1. The van der Waals surface area contributed by atoms with Gasteiger partial charge in [0.25, 0.3) is 0 Å². The molecule has 2 aromatic rings. The molecule has 2 rings (SSSR count). The summed E-state index contributed by atoms with van der Waals surface area (Å²) in [5, 5.41) is 4.06. The van der Waals surface area contributed by atoms with Gasteiger partial charge in [0.05, 0.1) is 31.5 Å². The fourth-order valence-electron chi connectivity index (χ4n) is 2.97. The molecule has 0 saturated heterocycles. The fourth-order valence-corrected chi connectivity index (χ4v) is 3.27. The summed E-state index contributed by atoms with van der Waals surface area (Å²) in [6.45, 7) is 7.63. The Kier molecular flexibility index (Phi) is 7.62. The lowest BCUT2D eigenvalue weighted by Gasteiger charge is -2.28. The van der Waals surface area contributed by atoms with Crippen LogP contribution in [0.3, 0.4) is 0 Å². The molecule has 6 heteroatoms. The zero-order valence-corrected chi connectivity index (χ0v) is 16.1. The molecule has 0 amide bonds. The maximum absolute atomic E-state index is 6.45. The van der Waals surface area contributed by atoms with Crippen LogP contribution in [0.4, 0.5) is 0 Å². The van der Waals surface area contributed by atoms with Crippen LogP contribution in [0.2, 0.25) is 5.02 Å². The van der Waals surface area contributed by atoms with E-state index in [-0.39, 0.29) is 6.04 Å². The molecular formula is C19H27ClN2O3. The minimum Gasteiger partial charge on any atom is -0.493 e. The third-order valence-corrected chi connectivity index (χ3v) is 4.76. The van der Waals surface area contributed by atoms with E-state index >= 15 is 0 Å². The maximum atomic E-state index is 6.45. The summed E-state index contributed by atoms with van der Waals surface area (Å²) in [5.74, 6) is 2.16. The Morgan fingerprint density at radius 2 is 1.92 bits per heavy atom. The Morgan fingerprint density at radius 3 is 2.48 bits per heavy atom. The number of hydrogen-bond donors (Lipinski definition) is 1. The summed E-state index contributed by atoms with van der Waals surface area (Å²) in [5.41, 5.74) is 0.969. The van der Waals surface area contributed by atoms with Crippen molar-refractivity contribution in [3.63, 3.8) is 0 Å². The normalized spacial score (nSPS) is 12.4. The number of likely N-dealkylation sites (N-methyl/N-ethyl adjacent to an activating group) is 1. The minimum absolute atomic E-state index is 0.184. The highest BCUT2D eigenvalue weighted by Crippen LogP contribution is 2.37. The molecular weight excluding hydrogens is 340 g/mol. The van der Waals surface area contributed by atoms with Gasteiger partial charge in [0.15, 0.2) is 11.5 Å². The SMILES string of the molecule is CCN(CC)C(CNCc1ccc(OC)c(OC)c1Cl)c1ccco1. The van der Waals surface area contributed by atoms with Gasteiger partial charge in [-0.3, -0.25) is 4.90 Å². The van der Waals surface area contributed by atoms with Crippen LogP contribution in [-0.2, 0) is 6.54 Å². The highest BCUT2D eigenvalue weighted by Gasteiger charge is 2.20. The Labute approximate surface area is 154 Å². The molecule has 0 fully saturated rings. The predicted molar refractivity (Wildman–Crippen MR) is 101 cm³/mol. The lowest BCUT2D eigenvalue weighted by Crippen LogP contribution is -2.35. The lowest BCUT2D eigenvalue weighted by molar-refractivity contribution is 0.188. The molecule has 25 heavy (non-hydrogen) atoms. The largest absolute Gasteiger partial charge is 0.493 e. The standard InChI is InChI=1S/C19H27ClN2O3/c1-5-22(6-2)15(16-8-7-11-25-16)13-21-12-14-9-10-17(23-3)19(24-4)18(14)20/h7-11,15,21H,5-6,12-13H2,1-4H3. The summed E-state index contributed by atoms with van der Waals surface area (Å²) in [6, 6.07) is 7.96. The molecule has 0 aliphatic heterocycles. The van der Waals surface area contributed by atoms with Crippen LogP contribution in [0.25, 0.3) is 0 Å². The smallest absolute Gasteiger partial charge is 0.179 e. The second-order valence-electron chi connectivity index (χ2n) is 5.66. The average Bonchev–Trinajstić information content (AvgIpc) is 3.16.